The first kappa shape index (κ1) is 21.3. The van der Waals surface area contributed by atoms with Gasteiger partial charge in [0.2, 0.25) is 5.91 Å². The Hall–Kier alpha value is -2.77. The summed E-state index contributed by atoms with van der Waals surface area (Å²) in [5, 5.41) is 4.94. The van der Waals surface area contributed by atoms with Crippen molar-refractivity contribution in [1.82, 2.24) is 15.5 Å². The lowest BCUT2D eigenvalue weighted by Crippen LogP contribution is -2.52. The van der Waals surface area contributed by atoms with E-state index in [1.807, 2.05) is 30.3 Å². The van der Waals surface area contributed by atoms with E-state index in [4.69, 9.17) is 9.47 Å². The summed E-state index contributed by atoms with van der Waals surface area (Å²) < 4.78 is 10.2. The summed E-state index contributed by atoms with van der Waals surface area (Å²) in [4.78, 5) is 37.3. The van der Waals surface area contributed by atoms with Crippen LogP contribution in [0.1, 0.15) is 26.3 Å². The minimum atomic E-state index is -0.971. The van der Waals surface area contributed by atoms with Gasteiger partial charge in [0.05, 0.1) is 6.54 Å². The van der Waals surface area contributed by atoms with E-state index in [0.717, 1.165) is 5.56 Å². The Morgan fingerprint density at radius 1 is 1.08 bits per heavy atom. The molecule has 0 aliphatic rings. The molecule has 2 N–H and O–H groups in total. The van der Waals surface area contributed by atoms with Crippen LogP contribution < -0.4 is 10.6 Å². The standard InChI is InChI=1S/C18H27N3O5/c1-18(2,3)26-16(23)19-11-14(15(22)21(4)5)20-17(24)25-12-13-9-7-6-8-10-13/h6-10,14H,11-12H2,1-5H3,(H,19,23)(H,20,24)/t14-/m1/s1. The summed E-state index contributed by atoms with van der Waals surface area (Å²) in [6, 6.07) is 8.19. The van der Waals surface area contributed by atoms with Crippen molar-refractivity contribution >= 4 is 18.1 Å². The second-order valence-electron chi connectivity index (χ2n) is 6.87. The van der Waals surface area contributed by atoms with Crippen LogP contribution in [0.3, 0.4) is 0 Å². The van der Waals surface area contributed by atoms with Gasteiger partial charge in [-0.2, -0.15) is 0 Å². The summed E-state index contributed by atoms with van der Waals surface area (Å²) in [6.45, 7) is 5.15. The highest BCUT2D eigenvalue weighted by molar-refractivity contribution is 5.86. The summed E-state index contributed by atoms with van der Waals surface area (Å²) in [6.07, 6.45) is -1.42. The number of amides is 3. The molecule has 1 aromatic carbocycles. The van der Waals surface area contributed by atoms with Crippen molar-refractivity contribution in [3.63, 3.8) is 0 Å². The highest BCUT2D eigenvalue weighted by Gasteiger charge is 2.25. The third kappa shape index (κ3) is 8.36. The molecule has 0 bridgehead atoms. The fraction of sp³-hybridized carbons (Fsp3) is 0.500. The Balaban J connectivity index is 2.58. The third-order valence-electron chi connectivity index (χ3n) is 3.09. The van der Waals surface area contributed by atoms with Crippen LogP contribution >= 0.6 is 0 Å². The number of nitrogens with zero attached hydrogens (tertiary/aromatic N) is 1. The van der Waals surface area contributed by atoms with Gasteiger partial charge in [-0.3, -0.25) is 4.79 Å². The minimum Gasteiger partial charge on any atom is -0.445 e. The first-order valence-electron chi connectivity index (χ1n) is 8.23. The number of benzene rings is 1. The molecular weight excluding hydrogens is 338 g/mol. The predicted molar refractivity (Wildman–Crippen MR) is 96.5 cm³/mol. The van der Waals surface area contributed by atoms with Gasteiger partial charge >= 0.3 is 12.2 Å². The smallest absolute Gasteiger partial charge is 0.408 e. The summed E-state index contributed by atoms with van der Waals surface area (Å²) in [7, 11) is 3.11. The molecule has 0 spiro atoms. The lowest BCUT2D eigenvalue weighted by molar-refractivity contribution is -0.130. The second kappa shape index (κ2) is 9.65. The summed E-state index contributed by atoms with van der Waals surface area (Å²) >= 11 is 0. The maximum atomic E-state index is 12.2. The Morgan fingerprint density at radius 3 is 2.23 bits per heavy atom. The number of alkyl carbamates (subject to hydrolysis) is 2. The van der Waals surface area contributed by atoms with Gasteiger partial charge in [0.25, 0.3) is 0 Å². The molecule has 0 aromatic heterocycles. The van der Waals surface area contributed by atoms with Crippen molar-refractivity contribution < 1.29 is 23.9 Å². The monoisotopic (exact) mass is 365 g/mol. The van der Waals surface area contributed by atoms with E-state index in [1.54, 1.807) is 34.9 Å². The summed E-state index contributed by atoms with van der Waals surface area (Å²) in [5.74, 6) is -0.377. The molecule has 26 heavy (non-hydrogen) atoms. The molecule has 0 saturated carbocycles. The zero-order valence-corrected chi connectivity index (χ0v) is 15.9. The molecule has 1 atom stereocenters. The molecule has 0 unspecified atom stereocenters. The number of nitrogens with one attached hydrogen (secondary N) is 2. The van der Waals surface area contributed by atoms with Crippen molar-refractivity contribution in [2.75, 3.05) is 20.6 Å². The highest BCUT2D eigenvalue weighted by atomic mass is 16.6. The number of ether oxygens (including phenoxy) is 2. The maximum absolute atomic E-state index is 12.2. The highest BCUT2D eigenvalue weighted by Crippen LogP contribution is 2.06. The SMILES string of the molecule is CN(C)C(=O)[C@@H](CNC(=O)OC(C)(C)C)NC(=O)OCc1ccccc1. The van der Waals surface area contributed by atoms with Crippen LogP contribution in [0, 0.1) is 0 Å². The number of carbonyl (C=O) groups excluding carboxylic acids is 3. The molecule has 1 rings (SSSR count). The van der Waals surface area contributed by atoms with E-state index in [2.05, 4.69) is 10.6 Å². The van der Waals surface area contributed by atoms with Gasteiger partial charge < -0.3 is 25.0 Å². The van der Waals surface area contributed by atoms with E-state index < -0.39 is 23.8 Å². The van der Waals surface area contributed by atoms with Crippen LogP contribution in [0.15, 0.2) is 30.3 Å². The van der Waals surface area contributed by atoms with Crippen LogP contribution in [0.4, 0.5) is 9.59 Å². The summed E-state index contributed by atoms with van der Waals surface area (Å²) in [5.41, 5.74) is 0.165. The molecule has 144 valence electrons. The Bertz CT molecular complexity index is 611. The van der Waals surface area contributed by atoms with E-state index in [1.165, 1.54) is 4.90 Å². The largest absolute Gasteiger partial charge is 0.445 e. The first-order chi connectivity index (χ1) is 12.1. The topological polar surface area (TPSA) is 97.0 Å². The van der Waals surface area contributed by atoms with Gasteiger partial charge in [-0.25, -0.2) is 9.59 Å². The average Bonchev–Trinajstić information content (AvgIpc) is 2.55. The van der Waals surface area contributed by atoms with Crippen LogP contribution in [0.25, 0.3) is 0 Å². The minimum absolute atomic E-state index is 0.0784. The van der Waals surface area contributed by atoms with Crippen LogP contribution in [0.5, 0.6) is 0 Å². The zero-order chi connectivity index (χ0) is 19.7. The van der Waals surface area contributed by atoms with Crippen LogP contribution in [-0.4, -0.2) is 55.3 Å². The number of carbonyl (C=O) groups is 3. The lowest BCUT2D eigenvalue weighted by Gasteiger charge is -2.23. The van der Waals surface area contributed by atoms with Crippen LogP contribution in [0.2, 0.25) is 0 Å². The fourth-order valence-electron chi connectivity index (χ4n) is 1.92. The average molecular weight is 365 g/mol. The number of hydrogen-bond donors (Lipinski definition) is 2. The molecule has 0 fully saturated rings. The zero-order valence-electron chi connectivity index (χ0n) is 15.9. The van der Waals surface area contributed by atoms with E-state index in [-0.39, 0.29) is 19.1 Å². The first-order valence-corrected chi connectivity index (χ1v) is 8.23. The molecule has 0 saturated heterocycles. The fourth-order valence-corrected chi connectivity index (χ4v) is 1.92. The predicted octanol–water partition coefficient (Wildman–Crippen LogP) is 1.89. The number of hydrogen-bond acceptors (Lipinski definition) is 5. The van der Waals surface area contributed by atoms with Crippen molar-refractivity contribution in [1.29, 1.82) is 0 Å². The van der Waals surface area contributed by atoms with Gasteiger partial charge in [-0.15, -0.1) is 0 Å². The molecule has 0 heterocycles. The second-order valence-corrected chi connectivity index (χ2v) is 6.87. The number of likely N-dealkylation sites (N-methyl/N-ethyl adjacent to an activating group) is 1. The third-order valence-corrected chi connectivity index (χ3v) is 3.09. The van der Waals surface area contributed by atoms with Gasteiger partial charge in [0, 0.05) is 14.1 Å². The van der Waals surface area contributed by atoms with E-state index in [0.29, 0.717) is 0 Å². The van der Waals surface area contributed by atoms with Crippen molar-refractivity contribution in [2.24, 2.45) is 0 Å². The Morgan fingerprint density at radius 2 is 1.69 bits per heavy atom. The molecule has 1 aromatic rings. The molecule has 8 heteroatoms. The molecule has 8 nitrogen and oxygen atoms in total. The van der Waals surface area contributed by atoms with E-state index >= 15 is 0 Å². The van der Waals surface area contributed by atoms with Gasteiger partial charge in [0.1, 0.15) is 18.2 Å². The van der Waals surface area contributed by atoms with E-state index in [9.17, 15) is 14.4 Å². The van der Waals surface area contributed by atoms with Crippen molar-refractivity contribution in [3.8, 4) is 0 Å². The molecule has 3 amide bonds. The quantitative estimate of drug-likeness (QED) is 0.802. The van der Waals surface area contributed by atoms with Crippen LogP contribution in [-0.2, 0) is 20.9 Å². The molecule has 0 aliphatic carbocycles. The van der Waals surface area contributed by atoms with Crippen molar-refractivity contribution in [3.05, 3.63) is 35.9 Å². The number of rotatable bonds is 6. The molecule has 0 radical (unpaired) electrons. The Kier molecular flexibility index (Phi) is 7.89. The van der Waals surface area contributed by atoms with Gasteiger partial charge in [-0.1, -0.05) is 30.3 Å². The normalized spacial score (nSPS) is 11.9. The van der Waals surface area contributed by atoms with Crippen molar-refractivity contribution in [2.45, 2.75) is 39.0 Å². The maximum Gasteiger partial charge on any atom is 0.408 e. The van der Waals surface area contributed by atoms with Gasteiger partial charge in [0.15, 0.2) is 0 Å². The Labute approximate surface area is 153 Å². The molecule has 0 aliphatic heterocycles. The van der Waals surface area contributed by atoms with Gasteiger partial charge in [-0.05, 0) is 26.3 Å². The lowest BCUT2D eigenvalue weighted by atomic mass is 10.2. The molecular formula is C18H27N3O5.